The van der Waals surface area contributed by atoms with Crippen LogP contribution in [-0.4, -0.2) is 34.6 Å². The van der Waals surface area contributed by atoms with E-state index in [0.717, 1.165) is 19.2 Å². The molecular weight excluding hydrogens is 287 g/mol. The van der Waals surface area contributed by atoms with Gasteiger partial charge in [0, 0.05) is 5.56 Å². The highest BCUT2D eigenvalue weighted by Gasteiger charge is 2.20. The van der Waals surface area contributed by atoms with Gasteiger partial charge >= 0.3 is 5.97 Å². The van der Waals surface area contributed by atoms with E-state index in [1.165, 1.54) is 6.07 Å². The van der Waals surface area contributed by atoms with E-state index in [4.69, 9.17) is 5.73 Å². The van der Waals surface area contributed by atoms with Gasteiger partial charge in [-0.05, 0) is 18.2 Å². The number of hydrogen-bond donors (Lipinski definition) is 2. The van der Waals surface area contributed by atoms with Crippen LogP contribution in [0.1, 0.15) is 5.56 Å². The predicted octanol–water partition coefficient (Wildman–Crippen LogP) is -0.413. The average Bonchev–Trinajstić information content (AvgIpc) is 2.42. The molecule has 1 aromatic rings. The molecule has 0 bridgehead atoms. The van der Waals surface area contributed by atoms with E-state index in [9.17, 15) is 17.6 Å². The second kappa shape index (κ2) is 7.00. The molecule has 0 saturated carbocycles. The van der Waals surface area contributed by atoms with Crippen LogP contribution in [-0.2, 0) is 19.6 Å². The SMILES string of the molecule is COC(=O)CNS(=O)(=O)c1ccc(C#CCN)cc1F. The van der Waals surface area contributed by atoms with E-state index in [1.54, 1.807) is 0 Å². The minimum absolute atomic E-state index is 0.113. The van der Waals surface area contributed by atoms with Crippen LogP contribution in [0.4, 0.5) is 4.39 Å². The molecule has 0 amide bonds. The zero-order valence-electron chi connectivity index (χ0n) is 10.6. The Hall–Kier alpha value is -1.95. The number of esters is 1. The molecule has 8 heteroatoms. The topological polar surface area (TPSA) is 98.5 Å². The normalized spacial score (nSPS) is 10.6. The number of carbonyl (C=O) groups is 1. The first-order valence-electron chi connectivity index (χ1n) is 5.45. The van der Waals surface area contributed by atoms with Crippen LogP contribution >= 0.6 is 0 Å². The summed E-state index contributed by atoms with van der Waals surface area (Å²) >= 11 is 0. The molecular formula is C12H13FN2O4S. The van der Waals surface area contributed by atoms with Crippen molar-refractivity contribution in [3.8, 4) is 11.8 Å². The molecule has 0 aliphatic carbocycles. The van der Waals surface area contributed by atoms with Crippen molar-refractivity contribution in [2.75, 3.05) is 20.2 Å². The lowest BCUT2D eigenvalue weighted by Gasteiger charge is -2.07. The van der Waals surface area contributed by atoms with Crippen molar-refractivity contribution in [2.24, 2.45) is 5.73 Å². The molecule has 0 unspecified atom stereocenters. The van der Waals surface area contributed by atoms with Crippen LogP contribution in [0.15, 0.2) is 23.1 Å². The second-order valence-corrected chi connectivity index (χ2v) is 5.29. The van der Waals surface area contributed by atoms with Crippen LogP contribution < -0.4 is 10.5 Å². The summed E-state index contributed by atoms with van der Waals surface area (Å²) in [6.45, 7) is -0.463. The molecule has 0 saturated heterocycles. The largest absolute Gasteiger partial charge is 0.468 e. The second-order valence-electron chi connectivity index (χ2n) is 3.55. The Bertz CT molecular complexity index is 662. The van der Waals surface area contributed by atoms with Crippen molar-refractivity contribution in [3.63, 3.8) is 0 Å². The minimum atomic E-state index is -4.13. The molecule has 6 nitrogen and oxygen atoms in total. The predicted molar refractivity (Wildman–Crippen MR) is 69.5 cm³/mol. The molecule has 0 radical (unpaired) electrons. The lowest BCUT2D eigenvalue weighted by molar-refractivity contribution is -0.139. The highest BCUT2D eigenvalue weighted by Crippen LogP contribution is 2.15. The Morgan fingerprint density at radius 3 is 2.75 bits per heavy atom. The molecule has 0 aliphatic rings. The van der Waals surface area contributed by atoms with Gasteiger partial charge in [0.15, 0.2) is 0 Å². The third-order valence-corrected chi connectivity index (χ3v) is 3.62. The minimum Gasteiger partial charge on any atom is -0.468 e. The van der Waals surface area contributed by atoms with Gasteiger partial charge in [-0.25, -0.2) is 12.8 Å². The van der Waals surface area contributed by atoms with E-state index < -0.39 is 33.3 Å². The van der Waals surface area contributed by atoms with Gasteiger partial charge in [-0.15, -0.1) is 0 Å². The zero-order chi connectivity index (χ0) is 15.2. The number of carbonyl (C=O) groups excluding carboxylic acids is 1. The molecule has 0 spiro atoms. The Balaban J connectivity index is 2.99. The van der Waals surface area contributed by atoms with Gasteiger partial charge in [-0.2, -0.15) is 4.72 Å². The fourth-order valence-corrected chi connectivity index (χ4v) is 2.28. The highest BCUT2D eigenvalue weighted by atomic mass is 32.2. The Morgan fingerprint density at radius 1 is 1.50 bits per heavy atom. The maximum absolute atomic E-state index is 13.7. The van der Waals surface area contributed by atoms with E-state index in [1.807, 2.05) is 4.72 Å². The van der Waals surface area contributed by atoms with Gasteiger partial charge < -0.3 is 10.5 Å². The van der Waals surface area contributed by atoms with E-state index >= 15 is 0 Å². The van der Waals surface area contributed by atoms with Crippen LogP contribution in [0.3, 0.4) is 0 Å². The number of nitrogens with one attached hydrogen (secondary N) is 1. The molecule has 20 heavy (non-hydrogen) atoms. The third kappa shape index (κ3) is 4.31. The first-order chi connectivity index (χ1) is 9.40. The van der Waals surface area contributed by atoms with Crippen LogP contribution in [0, 0.1) is 17.7 Å². The number of nitrogens with two attached hydrogens (primary N) is 1. The standard InChI is InChI=1S/C12H13FN2O4S/c1-19-12(16)8-15-20(17,18)11-5-4-9(3-2-6-14)7-10(11)13/h4-5,7,15H,6,8,14H2,1H3. The maximum Gasteiger partial charge on any atom is 0.320 e. The number of halogens is 1. The Kier molecular flexibility index (Phi) is 5.64. The Morgan fingerprint density at radius 2 is 2.20 bits per heavy atom. The summed E-state index contributed by atoms with van der Waals surface area (Å²) in [5.41, 5.74) is 5.48. The van der Waals surface area contributed by atoms with Crippen LogP contribution in [0.25, 0.3) is 0 Å². The van der Waals surface area contributed by atoms with Gasteiger partial charge in [0.05, 0.1) is 13.7 Å². The Labute approximate surface area is 116 Å². The lowest BCUT2D eigenvalue weighted by Crippen LogP contribution is -2.30. The monoisotopic (exact) mass is 300 g/mol. The zero-order valence-corrected chi connectivity index (χ0v) is 11.5. The molecule has 0 aliphatic heterocycles. The molecule has 0 atom stereocenters. The molecule has 0 fully saturated rings. The number of hydrogen-bond acceptors (Lipinski definition) is 5. The van der Waals surface area contributed by atoms with Crippen LogP contribution in [0.5, 0.6) is 0 Å². The van der Waals surface area contributed by atoms with Gasteiger partial charge in [0.2, 0.25) is 10.0 Å². The molecule has 108 valence electrons. The fourth-order valence-electron chi connectivity index (χ4n) is 1.25. The van der Waals surface area contributed by atoms with E-state index in [2.05, 4.69) is 16.6 Å². The van der Waals surface area contributed by atoms with Crippen molar-refractivity contribution >= 4 is 16.0 Å². The molecule has 1 aromatic carbocycles. The summed E-state index contributed by atoms with van der Waals surface area (Å²) in [6, 6.07) is 3.39. The average molecular weight is 300 g/mol. The number of rotatable bonds is 4. The van der Waals surface area contributed by atoms with Gasteiger partial charge in [0.1, 0.15) is 17.3 Å². The van der Waals surface area contributed by atoms with Crippen molar-refractivity contribution in [2.45, 2.75) is 4.90 Å². The smallest absolute Gasteiger partial charge is 0.320 e. The first-order valence-corrected chi connectivity index (χ1v) is 6.94. The van der Waals surface area contributed by atoms with E-state index in [-0.39, 0.29) is 6.54 Å². The summed E-state index contributed by atoms with van der Waals surface area (Å²) in [5, 5.41) is 0. The summed E-state index contributed by atoms with van der Waals surface area (Å²) in [5.74, 6) is 3.36. The number of ether oxygens (including phenoxy) is 1. The van der Waals surface area contributed by atoms with Crippen molar-refractivity contribution < 1.29 is 22.3 Å². The summed E-state index contributed by atoms with van der Waals surface area (Å²) in [4.78, 5) is 10.3. The van der Waals surface area contributed by atoms with E-state index in [0.29, 0.717) is 5.56 Å². The molecule has 0 aromatic heterocycles. The lowest BCUT2D eigenvalue weighted by atomic mass is 10.2. The molecule has 0 heterocycles. The highest BCUT2D eigenvalue weighted by molar-refractivity contribution is 7.89. The van der Waals surface area contributed by atoms with Gasteiger partial charge in [-0.3, -0.25) is 4.79 Å². The summed E-state index contributed by atoms with van der Waals surface area (Å²) < 4.78 is 43.5. The van der Waals surface area contributed by atoms with Crippen molar-refractivity contribution in [1.29, 1.82) is 0 Å². The number of benzene rings is 1. The van der Waals surface area contributed by atoms with Gasteiger partial charge in [-0.1, -0.05) is 11.8 Å². The summed E-state index contributed by atoms with van der Waals surface area (Å²) in [7, 11) is -3.02. The quantitative estimate of drug-likeness (QED) is 0.582. The van der Waals surface area contributed by atoms with Crippen molar-refractivity contribution in [1.82, 2.24) is 4.72 Å². The molecule has 1 rings (SSSR count). The number of methoxy groups -OCH3 is 1. The maximum atomic E-state index is 13.7. The summed E-state index contributed by atoms with van der Waals surface area (Å²) in [6.07, 6.45) is 0. The van der Waals surface area contributed by atoms with Crippen LogP contribution in [0.2, 0.25) is 0 Å². The molecule has 3 N–H and O–H groups in total. The van der Waals surface area contributed by atoms with Gasteiger partial charge in [0.25, 0.3) is 0 Å². The number of sulfonamides is 1. The fraction of sp³-hybridized carbons (Fsp3) is 0.250. The first kappa shape index (κ1) is 16.1. The van der Waals surface area contributed by atoms with Crippen molar-refractivity contribution in [3.05, 3.63) is 29.6 Å². The third-order valence-electron chi connectivity index (χ3n) is 2.19.